The molecule has 0 spiro atoms. The molecule has 4 rings (SSSR count). The number of hydrogen-bond acceptors (Lipinski definition) is 3. The van der Waals surface area contributed by atoms with Crippen LogP contribution in [0.1, 0.15) is 37.2 Å². The van der Waals surface area contributed by atoms with Gasteiger partial charge in [-0.25, -0.2) is 0 Å². The Morgan fingerprint density at radius 2 is 1.74 bits per heavy atom. The summed E-state index contributed by atoms with van der Waals surface area (Å²) in [4.78, 5) is 12.6. The largest absolute Gasteiger partial charge is 0.378 e. The molecule has 5 nitrogen and oxygen atoms in total. The van der Waals surface area contributed by atoms with Crippen LogP contribution in [0.4, 0.5) is 5.69 Å². The zero-order valence-electron chi connectivity index (χ0n) is 15.9. The molecule has 2 heterocycles. The lowest BCUT2D eigenvalue weighted by atomic mass is 9.82. The molecule has 1 aliphatic carbocycles. The number of pyridine rings is 1. The SMILES string of the molecule is Cn1cc(-c2cc(N[C@H]3CC[C@@H](c4ccccc4)CC3)c(=O)n(C)c2)cn1. The zero-order valence-corrected chi connectivity index (χ0v) is 15.9. The second kappa shape index (κ2) is 7.43. The van der Waals surface area contributed by atoms with Gasteiger partial charge in [-0.15, -0.1) is 0 Å². The first-order chi connectivity index (χ1) is 13.1. The van der Waals surface area contributed by atoms with E-state index in [9.17, 15) is 4.79 Å². The van der Waals surface area contributed by atoms with Crippen molar-refractivity contribution < 1.29 is 0 Å². The van der Waals surface area contributed by atoms with E-state index in [2.05, 4.69) is 40.7 Å². The minimum absolute atomic E-state index is 0.0211. The first-order valence-electron chi connectivity index (χ1n) is 9.61. The maximum atomic E-state index is 12.6. The minimum Gasteiger partial charge on any atom is -0.378 e. The maximum Gasteiger partial charge on any atom is 0.273 e. The Bertz CT molecular complexity index is 965. The fourth-order valence-electron chi connectivity index (χ4n) is 4.06. The van der Waals surface area contributed by atoms with E-state index in [1.54, 1.807) is 16.3 Å². The van der Waals surface area contributed by atoms with Crippen LogP contribution >= 0.6 is 0 Å². The number of hydrogen-bond donors (Lipinski definition) is 1. The van der Waals surface area contributed by atoms with Gasteiger partial charge in [-0.2, -0.15) is 5.10 Å². The highest BCUT2D eigenvalue weighted by Gasteiger charge is 2.23. The summed E-state index contributed by atoms with van der Waals surface area (Å²) >= 11 is 0. The zero-order chi connectivity index (χ0) is 18.8. The van der Waals surface area contributed by atoms with Gasteiger partial charge in [0.05, 0.1) is 6.20 Å². The highest BCUT2D eigenvalue weighted by molar-refractivity contribution is 5.65. The topological polar surface area (TPSA) is 51.9 Å². The van der Waals surface area contributed by atoms with Crippen LogP contribution in [0.25, 0.3) is 11.1 Å². The number of rotatable bonds is 4. The molecule has 140 valence electrons. The van der Waals surface area contributed by atoms with Crippen LogP contribution in [0.15, 0.2) is 59.8 Å². The molecule has 1 fully saturated rings. The average molecular weight is 362 g/mol. The van der Waals surface area contributed by atoms with E-state index in [4.69, 9.17) is 0 Å². The first kappa shape index (κ1) is 17.6. The van der Waals surface area contributed by atoms with Crippen LogP contribution in [-0.2, 0) is 14.1 Å². The number of aryl methyl sites for hydroxylation is 2. The van der Waals surface area contributed by atoms with Gasteiger partial charge in [0.2, 0.25) is 0 Å². The van der Waals surface area contributed by atoms with Crippen molar-refractivity contribution in [1.29, 1.82) is 0 Å². The predicted octanol–water partition coefficient (Wildman–Crippen LogP) is 3.92. The summed E-state index contributed by atoms with van der Waals surface area (Å²) in [5.41, 5.74) is 4.16. The van der Waals surface area contributed by atoms with Crippen molar-refractivity contribution in [3.05, 3.63) is 70.9 Å². The van der Waals surface area contributed by atoms with Crippen molar-refractivity contribution in [2.45, 2.75) is 37.6 Å². The second-order valence-electron chi connectivity index (χ2n) is 7.56. The molecule has 2 aromatic heterocycles. The van der Waals surface area contributed by atoms with Gasteiger partial charge >= 0.3 is 0 Å². The van der Waals surface area contributed by atoms with E-state index in [1.807, 2.05) is 31.7 Å². The molecule has 0 amide bonds. The second-order valence-corrected chi connectivity index (χ2v) is 7.56. The Kier molecular flexibility index (Phi) is 4.84. The summed E-state index contributed by atoms with van der Waals surface area (Å²) in [5.74, 6) is 0.633. The molecule has 0 atom stereocenters. The van der Waals surface area contributed by atoms with E-state index in [0.29, 0.717) is 17.6 Å². The fraction of sp³-hybridized carbons (Fsp3) is 0.364. The molecule has 0 radical (unpaired) electrons. The molecule has 0 unspecified atom stereocenters. The predicted molar refractivity (Wildman–Crippen MR) is 109 cm³/mol. The van der Waals surface area contributed by atoms with Gasteiger partial charge in [-0.1, -0.05) is 30.3 Å². The minimum atomic E-state index is 0.0211. The first-order valence-corrected chi connectivity index (χ1v) is 9.61. The van der Waals surface area contributed by atoms with Crippen LogP contribution < -0.4 is 10.9 Å². The molecule has 27 heavy (non-hydrogen) atoms. The van der Waals surface area contributed by atoms with Gasteiger partial charge in [-0.3, -0.25) is 9.48 Å². The van der Waals surface area contributed by atoms with Crippen molar-refractivity contribution in [3.63, 3.8) is 0 Å². The smallest absolute Gasteiger partial charge is 0.273 e. The molecule has 0 aliphatic heterocycles. The van der Waals surface area contributed by atoms with E-state index in [1.165, 1.54) is 5.56 Å². The van der Waals surface area contributed by atoms with Gasteiger partial charge in [0.1, 0.15) is 5.69 Å². The summed E-state index contributed by atoms with van der Waals surface area (Å²) < 4.78 is 3.43. The highest BCUT2D eigenvalue weighted by atomic mass is 16.1. The quantitative estimate of drug-likeness (QED) is 0.765. The summed E-state index contributed by atoms with van der Waals surface area (Å²) in [5, 5.41) is 7.75. The molecule has 1 saturated carbocycles. The van der Waals surface area contributed by atoms with Gasteiger partial charge in [0.15, 0.2) is 0 Å². The van der Waals surface area contributed by atoms with Gasteiger partial charge < -0.3 is 9.88 Å². The van der Waals surface area contributed by atoms with Gasteiger partial charge in [0.25, 0.3) is 5.56 Å². The summed E-state index contributed by atoms with van der Waals surface area (Å²) in [7, 11) is 3.70. The molecule has 1 aliphatic rings. The number of aromatic nitrogens is 3. The van der Waals surface area contributed by atoms with Crippen LogP contribution in [0.2, 0.25) is 0 Å². The average Bonchev–Trinajstić information content (AvgIpc) is 3.13. The van der Waals surface area contributed by atoms with Crippen molar-refractivity contribution in [1.82, 2.24) is 14.3 Å². The lowest BCUT2D eigenvalue weighted by molar-refractivity contribution is 0.412. The number of nitrogens with one attached hydrogen (secondary N) is 1. The molecule has 1 aromatic carbocycles. The fourth-order valence-corrected chi connectivity index (χ4v) is 4.06. The van der Waals surface area contributed by atoms with Gasteiger partial charge in [-0.05, 0) is 43.2 Å². The van der Waals surface area contributed by atoms with Crippen molar-refractivity contribution in [2.24, 2.45) is 14.1 Å². The van der Waals surface area contributed by atoms with Crippen molar-refractivity contribution >= 4 is 5.69 Å². The van der Waals surface area contributed by atoms with Crippen LogP contribution in [-0.4, -0.2) is 20.4 Å². The molecular weight excluding hydrogens is 336 g/mol. The van der Waals surface area contributed by atoms with Crippen LogP contribution in [0.5, 0.6) is 0 Å². The molecular formula is C22H26N4O. The Labute approximate surface area is 159 Å². The van der Waals surface area contributed by atoms with E-state index < -0.39 is 0 Å². The lowest BCUT2D eigenvalue weighted by Gasteiger charge is -2.30. The Morgan fingerprint density at radius 3 is 2.41 bits per heavy atom. The molecule has 3 aromatic rings. The van der Waals surface area contributed by atoms with Crippen molar-refractivity contribution in [2.75, 3.05) is 5.32 Å². The van der Waals surface area contributed by atoms with Crippen molar-refractivity contribution in [3.8, 4) is 11.1 Å². The normalized spacial score (nSPS) is 19.8. The number of benzene rings is 1. The summed E-state index contributed by atoms with van der Waals surface area (Å²) in [6, 6.07) is 13.1. The van der Waals surface area contributed by atoms with E-state index >= 15 is 0 Å². The third-order valence-corrected chi connectivity index (χ3v) is 5.58. The van der Waals surface area contributed by atoms with E-state index in [-0.39, 0.29) is 5.56 Å². The Balaban J connectivity index is 1.48. The molecule has 0 bridgehead atoms. The molecule has 0 saturated heterocycles. The summed E-state index contributed by atoms with van der Waals surface area (Å²) in [6.45, 7) is 0. The number of anilines is 1. The van der Waals surface area contributed by atoms with Crippen LogP contribution in [0.3, 0.4) is 0 Å². The maximum absolute atomic E-state index is 12.6. The van der Waals surface area contributed by atoms with Gasteiger partial charge in [0, 0.05) is 43.7 Å². The third-order valence-electron chi connectivity index (χ3n) is 5.58. The Hall–Kier alpha value is -2.82. The van der Waals surface area contributed by atoms with E-state index in [0.717, 1.165) is 36.8 Å². The monoisotopic (exact) mass is 362 g/mol. The lowest BCUT2D eigenvalue weighted by Crippen LogP contribution is -2.30. The summed E-state index contributed by atoms with van der Waals surface area (Å²) in [6.07, 6.45) is 10.1. The Morgan fingerprint density at radius 1 is 1.00 bits per heavy atom. The number of nitrogens with zero attached hydrogens (tertiary/aromatic N) is 3. The van der Waals surface area contributed by atoms with Crippen LogP contribution in [0, 0.1) is 0 Å². The highest BCUT2D eigenvalue weighted by Crippen LogP contribution is 2.33. The third kappa shape index (κ3) is 3.82. The standard InChI is InChI=1S/C22H26N4O/c1-25-14-18(19-13-23-26(2)15-19)12-21(22(25)27)24-20-10-8-17(9-11-20)16-6-4-3-5-7-16/h3-7,12-15,17,20,24H,8-11H2,1-2H3/t17-,20+. The molecule has 5 heteroatoms. The molecule has 1 N–H and O–H groups in total.